The van der Waals surface area contributed by atoms with Crippen LogP contribution < -0.4 is 5.32 Å². The highest BCUT2D eigenvalue weighted by Crippen LogP contribution is 1.90. The number of aliphatic hydroxyl groups is 1. The fourth-order valence-electron chi connectivity index (χ4n) is 0.476. The highest BCUT2D eigenvalue weighted by Gasteiger charge is 2.13. The monoisotopic (exact) mass is 169 g/mol. The summed E-state index contributed by atoms with van der Waals surface area (Å²) < 4.78 is 0. The molecular formula is C5H12ClNO3. The van der Waals surface area contributed by atoms with Gasteiger partial charge < -0.3 is 15.5 Å². The van der Waals surface area contributed by atoms with Gasteiger partial charge in [-0.05, 0) is 7.05 Å². The smallest absolute Gasteiger partial charge is 0.310 e. The zero-order chi connectivity index (χ0) is 7.28. The van der Waals surface area contributed by atoms with Crippen molar-refractivity contribution in [1.82, 2.24) is 5.32 Å². The summed E-state index contributed by atoms with van der Waals surface area (Å²) in [4.78, 5) is 10.1. The van der Waals surface area contributed by atoms with Crippen LogP contribution in [0.3, 0.4) is 0 Å². The summed E-state index contributed by atoms with van der Waals surface area (Å²) in [5, 5.41) is 19.4. The second kappa shape index (κ2) is 6.80. The Morgan fingerprint density at radius 3 is 2.30 bits per heavy atom. The minimum absolute atomic E-state index is 0. The van der Waals surface area contributed by atoms with E-state index < -0.39 is 11.9 Å². The maximum absolute atomic E-state index is 10.1. The summed E-state index contributed by atoms with van der Waals surface area (Å²) in [5.74, 6) is -1.64. The Balaban J connectivity index is 0. The van der Waals surface area contributed by atoms with Crippen molar-refractivity contribution in [2.45, 2.75) is 0 Å². The maximum atomic E-state index is 10.1. The Morgan fingerprint density at radius 2 is 2.20 bits per heavy atom. The van der Waals surface area contributed by atoms with Crippen molar-refractivity contribution in [2.75, 3.05) is 20.2 Å². The van der Waals surface area contributed by atoms with Gasteiger partial charge in [-0.25, -0.2) is 0 Å². The first-order valence-electron chi connectivity index (χ1n) is 2.70. The van der Waals surface area contributed by atoms with E-state index in [1.807, 2.05) is 0 Å². The molecule has 0 bridgehead atoms. The lowest BCUT2D eigenvalue weighted by atomic mass is 10.2. The van der Waals surface area contributed by atoms with E-state index in [1.165, 1.54) is 0 Å². The molecule has 62 valence electrons. The van der Waals surface area contributed by atoms with Crippen LogP contribution in [-0.4, -0.2) is 36.4 Å². The number of hydrogen-bond acceptors (Lipinski definition) is 3. The Kier molecular flexibility index (Phi) is 8.40. The normalized spacial score (nSPS) is 11.8. The first-order chi connectivity index (χ1) is 4.22. The first-order valence-corrected chi connectivity index (χ1v) is 2.70. The molecule has 4 nitrogen and oxygen atoms in total. The molecule has 5 heteroatoms. The van der Waals surface area contributed by atoms with E-state index in [1.54, 1.807) is 7.05 Å². The summed E-state index contributed by atoms with van der Waals surface area (Å²) in [7, 11) is 1.64. The molecule has 10 heavy (non-hydrogen) atoms. The Bertz CT molecular complexity index is 98.9. The molecule has 0 aromatic rings. The molecule has 0 aliphatic rings. The van der Waals surface area contributed by atoms with Gasteiger partial charge in [0.15, 0.2) is 0 Å². The van der Waals surface area contributed by atoms with E-state index in [4.69, 9.17) is 10.2 Å². The summed E-state index contributed by atoms with van der Waals surface area (Å²) in [6.07, 6.45) is 0. The van der Waals surface area contributed by atoms with Gasteiger partial charge in [0.25, 0.3) is 0 Å². The quantitative estimate of drug-likeness (QED) is 0.522. The van der Waals surface area contributed by atoms with E-state index >= 15 is 0 Å². The summed E-state index contributed by atoms with van der Waals surface area (Å²) in [6, 6.07) is 0. The molecule has 0 spiro atoms. The first kappa shape index (κ1) is 12.4. The molecule has 0 aliphatic heterocycles. The summed E-state index contributed by atoms with van der Waals surface area (Å²) in [6.45, 7) is 0.00199. The minimum Gasteiger partial charge on any atom is -0.481 e. The number of hydrogen-bond donors (Lipinski definition) is 3. The van der Waals surface area contributed by atoms with Gasteiger partial charge >= 0.3 is 5.97 Å². The molecule has 0 amide bonds. The fourth-order valence-corrected chi connectivity index (χ4v) is 0.476. The zero-order valence-corrected chi connectivity index (χ0v) is 6.52. The molecule has 0 rings (SSSR count). The van der Waals surface area contributed by atoms with Crippen LogP contribution in [0.1, 0.15) is 0 Å². The van der Waals surface area contributed by atoms with Crippen molar-refractivity contribution in [3.63, 3.8) is 0 Å². The molecule has 0 aromatic carbocycles. The van der Waals surface area contributed by atoms with Crippen LogP contribution in [0.5, 0.6) is 0 Å². The maximum Gasteiger partial charge on any atom is 0.310 e. The van der Waals surface area contributed by atoms with Crippen LogP contribution >= 0.6 is 12.4 Å². The van der Waals surface area contributed by atoms with E-state index in [0.29, 0.717) is 6.54 Å². The molecule has 0 radical (unpaired) electrons. The zero-order valence-electron chi connectivity index (χ0n) is 5.70. The van der Waals surface area contributed by atoms with Crippen molar-refractivity contribution in [3.8, 4) is 0 Å². The molecule has 1 atom stereocenters. The van der Waals surface area contributed by atoms with E-state index in [9.17, 15) is 4.79 Å². The molecule has 0 fully saturated rings. The predicted molar refractivity (Wildman–Crippen MR) is 39.4 cm³/mol. The van der Waals surface area contributed by atoms with Gasteiger partial charge in [0.1, 0.15) is 0 Å². The molecule has 0 saturated heterocycles. The Hall–Kier alpha value is -0.320. The predicted octanol–water partition coefficient (Wildman–Crippen LogP) is -0.679. The van der Waals surface area contributed by atoms with Gasteiger partial charge in [-0.2, -0.15) is 0 Å². The third kappa shape index (κ3) is 4.55. The number of aliphatic carboxylic acids is 1. The lowest BCUT2D eigenvalue weighted by molar-refractivity contribution is -0.142. The Labute approximate surface area is 65.7 Å². The van der Waals surface area contributed by atoms with Crippen molar-refractivity contribution in [1.29, 1.82) is 0 Å². The second-order valence-electron chi connectivity index (χ2n) is 1.78. The van der Waals surface area contributed by atoms with Crippen LogP contribution in [0.15, 0.2) is 0 Å². The number of nitrogens with one attached hydrogen (secondary N) is 1. The van der Waals surface area contributed by atoms with Crippen LogP contribution in [0.2, 0.25) is 0 Å². The Morgan fingerprint density at radius 1 is 1.70 bits per heavy atom. The van der Waals surface area contributed by atoms with Crippen molar-refractivity contribution in [2.24, 2.45) is 5.92 Å². The lowest BCUT2D eigenvalue weighted by Crippen LogP contribution is -2.28. The van der Waals surface area contributed by atoms with Crippen molar-refractivity contribution >= 4 is 18.4 Å². The second-order valence-corrected chi connectivity index (χ2v) is 1.78. The van der Waals surface area contributed by atoms with Crippen LogP contribution in [0.4, 0.5) is 0 Å². The topological polar surface area (TPSA) is 69.6 Å². The van der Waals surface area contributed by atoms with Crippen LogP contribution in [0, 0.1) is 5.92 Å². The molecule has 0 aliphatic carbocycles. The number of aliphatic hydroxyl groups excluding tert-OH is 1. The largest absolute Gasteiger partial charge is 0.481 e. The number of carboxylic acid groups (broad SMARTS) is 1. The molecule has 1 unspecified atom stereocenters. The number of carbonyl (C=O) groups is 1. The van der Waals surface area contributed by atoms with Gasteiger partial charge in [-0.3, -0.25) is 4.79 Å². The molecule has 3 N–H and O–H groups in total. The minimum atomic E-state index is -0.966. The highest BCUT2D eigenvalue weighted by atomic mass is 35.5. The van der Waals surface area contributed by atoms with Gasteiger partial charge in [0, 0.05) is 6.54 Å². The summed E-state index contributed by atoms with van der Waals surface area (Å²) >= 11 is 0. The van der Waals surface area contributed by atoms with Gasteiger partial charge in [0.05, 0.1) is 12.5 Å². The van der Waals surface area contributed by atoms with Crippen molar-refractivity contribution < 1.29 is 15.0 Å². The lowest BCUT2D eigenvalue weighted by Gasteiger charge is -2.05. The highest BCUT2D eigenvalue weighted by molar-refractivity contribution is 5.85. The number of rotatable bonds is 4. The van der Waals surface area contributed by atoms with Crippen molar-refractivity contribution in [3.05, 3.63) is 0 Å². The molecular weight excluding hydrogens is 158 g/mol. The summed E-state index contributed by atoms with van der Waals surface area (Å²) in [5.41, 5.74) is 0. The van der Waals surface area contributed by atoms with Gasteiger partial charge in [0.2, 0.25) is 0 Å². The SMILES string of the molecule is CNCC(CO)C(=O)O.Cl. The van der Waals surface area contributed by atoms with E-state index in [2.05, 4.69) is 5.32 Å². The number of halogens is 1. The molecule has 0 heterocycles. The number of carboxylic acids is 1. The fraction of sp³-hybridized carbons (Fsp3) is 0.800. The van der Waals surface area contributed by atoms with Crippen LogP contribution in [-0.2, 0) is 4.79 Å². The molecule has 0 aromatic heterocycles. The third-order valence-electron chi connectivity index (χ3n) is 1.02. The van der Waals surface area contributed by atoms with Gasteiger partial charge in [-0.15, -0.1) is 12.4 Å². The standard InChI is InChI=1S/C5H11NO3.ClH/c1-6-2-4(3-7)5(8)9;/h4,6-7H,2-3H2,1H3,(H,8,9);1H. The average Bonchev–Trinajstić information content (AvgIpc) is 1.82. The average molecular weight is 170 g/mol. The van der Waals surface area contributed by atoms with E-state index in [-0.39, 0.29) is 19.0 Å². The molecule has 0 saturated carbocycles. The third-order valence-corrected chi connectivity index (χ3v) is 1.02. The van der Waals surface area contributed by atoms with Gasteiger partial charge in [-0.1, -0.05) is 0 Å². The van der Waals surface area contributed by atoms with Crippen LogP contribution in [0.25, 0.3) is 0 Å². The van der Waals surface area contributed by atoms with E-state index in [0.717, 1.165) is 0 Å².